The maximum absolute atomic E-state index is 12.8. The number of amides is 1. The zero-order chi connectivity index (χ0) is 22.0. The van der Waals surface area contributed by atoms with Crippen LogP contribution in [0.3, 0.4) is 0 Å². The number of aromatic nitrogens is 4. The van der Waals surface area contributed by atoms with E-state index in [1.165, 1.54) is 16.9 Å². The SMILES string of the molecule is CSc1cccc(-n2nnc(-c3nc(C)c(C(=O)NCc4cccc(C)c4)s3)c2C)c1. The van der Waals surface area contributed by atoms with E-state index >= 15 is 0 Å². The van der Waals surface area contributed by atoms with Crippen molar-refractivity contribution in [3.05, 3.63) is 75.9 Å². The lowest BCUT2D eigenvalue weighted by molar-refractivity contribution is 0.0954. The molecule has 0 aliphatic heterocycles. The van der Waals surface area contributed by atoms with Crippen molar-refractivity contribution in [3.8, 4) is 16.4 Å². The lowest BCUT2D eigenvalue weighted by Gasteiger charge is -2.05. The molecule has 2 aromatic carbocycles. The van der Waals surface area contributed by atoms with Gasteiger partial charge in [-0.25, -0.2) is 9.67 Å². The number of nitrogens with one attached hydrogen (secondary N) is 1. The fraction of sp³-hybridized carbons (Fsp3) is 0.217. The molecular weight excluding hydrogens is 426 g/mol. The maximum atomic E-state index is 12.8. The van der Waals surface area contributed by atoms with E-state index in [9.17, 15) is 4.79 Å². The van der Waals surface area contributed by atoms with Gasteiger partial charge < -0.3 is 5.32 Å². The molecule has 0 radical (unpaired) electrons. The molecule has 0 atom stereocenters. The summed E-state index contributed by atoms with van der Waals surface area (Å²) in [5, 5.41) is 12.4. The summed E-state index contributed by atoms with van der Waals surface area (Å²) in [7, 11) is 0. The first-order valence-corrected chi connectivity index (χ1v) is 11.9. The van der Waals surface area contributed by atoms with Crippen LogP contribution in [0.15, 0.2) is 53.4 Å². The molecule has 0 saturated heterocycles. The average Bonchev–Trinajstić information content (AvgIpc) is 3.34. The van der Waals surface area contributed by atoms with Crippen LogP contribution in [0.25, 0.3) is 16.4 Å². The molecule has 2 aromatic heterocycles. The third kappa shape index (κ3) is 4.55. The summed E-state index contributed by atoms with van der Waals surface area (Å²) in [5.74, 6) is -0.125. The number of rotatable bonds is 6. The normalized spacial score (nSPS) is 11.0. The Hall–Kier alpha value is -2.97. The van der Waals surface area contributed by atoms with Gasteiger partial charge in [-0.3, -0.25) is 4.79 Å². The monoisotopic (exact) mass is 449 g/mol. The van der Waals surface area contributed by atoms with Crippen molar-refractivity contribution in [1.82, 2.24) is 25.3 Å². The van der Waals surface area contributed by atoms with Crippen LogP contribution < -0.4 is 5.32 Å². The first-order chi connectivity index (χ1) is 15.0. The smallest absolute Gasteiger partial charge is 0.263 e. The Morgan fingerprint density at radius 3 is 2.71 bits per heavy atom. The molecular formula is C23H23N5OS2. The number of nitrogens with zero attached hydrogens (tertiary/aromatic N) is 4. The standard InChI is InChI=1S/C23H23N5OS2/c1-14-7-5-8-17(11-14)13-24-22(29)21-15(2)25-23(31-21)20-16(3)28(27-26-20)18-9-6-10-19(12-18)30-4/h5-12H,13H2,1-4H3,(H,24,29). The van der Waals surface area contributed by atoms with Crippen LogP contribution >= 0.6 is 23.1 Å². The van der Waals surface area contributed by atoms with Crippen molar-refractivity contribution in [2.24, 2.45) is 0 Å². The Bertz CT molecular complexity index is 1240. The molecule has 1 amide bonds. The molecule has 0 unspecified atom stereocenters. The van der Waals surface area contributed by atoms with E-state index in [-0.39, 0.29) is 5.91 Å². The summed E-state index contributed by atoms with van der Waals surface area (Å²) in [6.07, 6.45) is 2.04. The van der Waals surface area contributed by atoms with Gasteiger partial charge in [-0.05, 0) is 50.8 Å². The fourth-order valence-electron chi connectivity index (χ4n) is 3.31. The summed E-state index contributed by atoms with van der Waals surface area (Å²) >= 11 is 3.03. The lowest BCUT2D eigenvalue weighted by atomic mass is 10.1. The summed E-state index contributed by atoms with van der Waals surface area (Å²) in [6, 6.07) is 16.3. The summed E-state index contributed by atoms with van der Waals surface area (Å²) < 4.78 is 1.81. The van der Waals surface area contributed by atoms with Crippen molar-refractivity contribution >= 4 is 29.0 Å². The zero-order valence-electron chi connectivity index (χ0n) is 17.8. The fourth-order valence-corrected chi connectivity index (χ4v) is 4.78. The van der Waals surface area contributed by atoms with Crippen LogP contribution in [0.5, 0.6) is 0 Å². The van der Waals surface area contributed by atoms with Crippen molar-refractivity contribution in [1.29, 1.82) is 0 Å². The molecule has 4 rings (SSSR count). The second kappa shape index (κ2) is 9.03. The van der Waals surface area contributed by atoms with Crippen LogP contribution in [0.1, 0.15) is 32.2 Å². The van der Waals surface area contributed by atoms with E-state index in [2.05, 4.69) is 38.8 Å². The predicted octanol–water partition coefficient (Wildman–Crippen LogP) is 4.97. The highest BCUT2D eigenvalue weighted by Crippen LogP contribution is 2.30. The number of hydrogen-bond acceptors (Lipinski definition) is 6. The van der Waals surface area contributed by atoms with Gasteiger partial charge in [0.25, 0.3) is 5.91 Å². The second-order valence-electron chi connectivity index (χ2n) is 7.24. The average molecular weight is 450 g/mol. The molecule has 31 heavy (non-hydrogen) atoms. The molecule has 2 heterocycles. The number of carbonyl (C=O) groups excluding carboxylic acids is 1. The van der Waals surface area contributed by atoms with Gasteiger partial charge >= 0.3 is 0 Å². The highest BCUT2D eigenvalue weighted by atomic mass is 32.2. The lowest BCUT2D eigenvalue weighted by Crippen LogP contribution is -2.22. The second-order valence-corrected chi connectivity index (χ2v) is 9.12. The van der Waals surface area contributed by atoms with Gasteiger partial charge in [-0.1, -0.05) is 41.1 Å². The molecule has 6 nitrogen and oxygen atoms in total. The van der Waals surface area contributed by atoms with E-state index < -0.39 is 0 Å². The molecule has 0 fully saturated rings. The van der Waals surface area contributed by atoms with Gasteiger partial charge in [-0.15, -0.1) is 28.2 Å². The van der Waals surface area contributed by atoms with Gasteiger partial charge in [0, 0.05) is 11.4 Å². The van der Waals surface area contributed by atoms with Crippen molar-refractivity contribution in [2.45, 2.75) is 32.2 Å². The topological polar surface area (TPSA) is 72.7 Å². The van der Waals surface area contributed by atoms with Gasteiger partial charge in [0.2, 0.25) is 0 Å². The van der Waals surface area contributed by atoms with Crippen LogP contribution in [0, 0.1) is 20.8 Å². The first kappa shape index (κ1) is 21.3. The van der Waals surface area contributed by atoms with Crippen molar-refractivity contribution in [3.63, 3.8) is 0 Å². The predicted molar refractivity (Wildman–Crippen MR) is 126 cm³/mol. The highest BCUT2D eigenvalue weighted by Gasteiger charge is 2.20. The minimum atomic E-state index is -0.125. The Morgan fingerprint density at radius 2 is 1.94 bits per heavy atom. The number of thioether (sulfide) groups is 1. The number of carbonyl (C=O) groups is 1. The Balaban J connectivity index is 1.56. The molecule has 158 valence electrons. The van der Waals surface area contributed by atoms with Crippen LogP contribution in [-0.4, -0.2) is 32.1 Å². The zero-order valence-corrected chi connectivity index (χ0v) is 19.5. The largest absolute Gasteiger partial charge is 0.347 e. The Labute approximate surface area is 189 Å². The molecule has 0 bridgehead atoms. The minimum Gasteiger partial charge on any atom is -0.347 e. The van der Waals surface area contributed by atoms with Crippen LogP contribution in [0.4, 0.5) is 0 Å². The minimum absolute atomic E-state index is 0.125. The quantitative estimate of drug-likeness (QED) is 0.421. The van der Waals surface area contributed by atoms with Gasteiger partial charge in [-0.2, -0.15) is 0 Å². The number of hydrogen-bond donors (Lipinski definition) is 1. The van der Waals surface area contributed by atoms with E-state index in [1.54, 1.807) is 11.8 Å². The summed E-state index contributed by atoms with van der Waals surface area (Å²) in [5.41, 5.74) is 5.47. The Morgan fingerprint density at radius 1 is 1.13 bits per heavy atom. The third-order valence-corrected chi connectivity index (χ3v) is 6.82. The third-order valence-electron chi connectivity index (χ3n) is 4.93. The molecule has 0 saturated carbocycles. The van der Waals surface area contributed by atoms with Crippen molar-refractivity contribution in [2.75, 3.05) is 6.26 Å². The van der Waals surface area contributed by atoms with E-state index in [0.717, 1.165) is 21.8 Å². The van der Waals surface area contributed by atoms with E-state index in [4.69, 9.17) is 0 Å². The van der Waals surface area contributed by atoms with Crippen LogP contribution in [0.2, 0.25) is 0 Å². The molecule has 8 heteroatoms. The highest BCUT2D eigenvalue weighted by molar-refractivity contribution is 7.98. The molecule has 0 aliphatic carbocycles. The van der Waals surface area contributed by atoms with E-state index in [1.807, 2.05) is 62.0 Å². The summed E-state index contributed by atoms with van der Waals surface area (Å²) in [6.45, 7) is 6.34. The Kier molecular flexibility index (Phi) is 6.20. The van der Waals surface area contributed by atoms with E-state index in [0.29, 0.717) is 27.8 Å². The van der Waals surface area contributed by atoms with Gasteiger partial charge in [0.15, 0.2) is 0 Å². The maximum Gasteiger partial charge on any atom is 0.263 e. The molecule has 0 spiro atoms. The molecule has 1 N–H and O–H groups in total. The van der Waals surface area contributed by atoms with Gasteiger partial charge in [0.1, 0.15) is 15.6 Å². The molecule has 0 aliphatic rings. The first-order valence-electron chi connectivity index (χ1n) is 9.84. The number of aryl methyl sites for hydroxylation is 2. The molecule has 4 aromatic rings. The van der Waals surface area contributed by atoms with Crippen molar-refractivity contribution < 1.29 is 4.79 Å². The summed E-state index contributed by atoms with van der Waals surface area (Å²) in [4.78, 5) is 19.1. The number of benzene rings is 2. The number of thiazole rings is 1. The van der Waals surface area contributed by atoms with Crippen LogP contribution in [-0.2, 0) is 6.54 Å². The van der Waals surface area contributed by atoms with Gasteiger partial charge in [0.05, 0.1) is 17.1 Å².